The summed E-state index contributed by atoms with van der Waals surface area (Å²) in [5, 5.41) is 44.9. The molecule has 32 heteroatoms. The Bertz CT molecular complexity index is 4720. The van der Waals surface area contributed by atoms with Crippen molar-refractivity contribution >= 4 is 128 Å². The van der Waals surface area contributed by atoms with Crippen molar-refractivity contribution < 1.29 is 79.4 Å². The van der Waals surface area contributed by atoms with Gasteiger partial charge in [0.25, 0.3) is 50.6 Å². The van der Waals surface area contributed by atoms with Crippen LogP contribution < -0.4 is 9.47 Å². The van der Waals surface area contributed by atoms with Gasteiger partial charge in [-0.25, -0.2) is 0 Å². The number of aromatic hydroxyl groups is 1. The lowest BCUT2D eigenvalue weighted by Crippen LogP contribution is -2.04. The summed E-state index contributed by atoms with van der Waals surface area (Å²) in [5.74, 6) is -0.655. The lowest BCUT2D eigenvalue weighted by Gasteiger charge is -2.11. The van der Waals surface area contributed by atoms with Crippen molar-refractivity contribution in [3.63, 3.8) is 0 Å². The van der Waals surface area contributed by atoms with E-state index in [-0.39, 0.29) is 77.6 Å². The van der Waals surface area contributed by atoms with Crippen LogP contribution in [-0.4, -0.2) is 99.2 Å². The monoisotopic (exact) mass is 1150 g/mol. The van der Waals surface area contributed by atoms with E-state index in [9.17, 15) is 70.0 Å². The first kappa shape index (κ1) is 53.5. The van der Waals surface area contributed by atoms with Crippen LogP contribution in [0.1, 0.15) is 5.56 Å². The van der Waals surface area contributed by atoms with Gasteiger partial charge < -0.3 is 14.6 Å². The molecule has 8 aromatic carbocycles. The van der Waals surface area contributed by atoms with Gasteiger partial charge in [0.15, 0.2) is 5.75 Å². The molecule has 0 bridgehead atoms. The first-order valence-electron chi connectivity index (χ1n) is 21.2. The summed E-state index contributed by atoms with van der Waals surface area (Å²) in [6.45, 7) is 1.69. The zero-order chi connectivity index (χ0) is 55.7. The highest BCUT2D eigenvalue weighted by molar-refractivity contribution is 7.87. The molecule has 0 saturated heterocycles. The van der Waals surface area contributed by atoms with Crippen molar-refractivity contribution in [3.8, 4) is 22.9 Å². The van der Waals surface area contributed by atoms with Gasteiger partial charge in [-0.15, -0.1) is 25.5 Å². The second-order valence-electron chi connectivity index (χ2n) is 16.4. The first-order valence-corrected chi connectivity index (χ1v) is 28.4. The molecule has 0 aliphatic rings. The van der Waals surface area contributed by atoms with E-state index in [0.29, 0.717) is 29.1 Å². The molecule has 0 atom stereocenters. The third kappa shape index (κ3) is 10.8. The summed E-state index contributed by atoms with van der Waals surface area (Å²) in [6.07, 6.45) is 0. The Balaban J connectivity index is 0.994. The lowest BCUT2D eigenvalue weighted by molar-refractivity contribution is 0.405. The Kier molecular flexibility index (Phi) is 13.5. The number of rotatable bonds is 14. The average Bonchev–Trinajstić information content (AvgIpc) is 3.92. The van der Waals surface area contributed by atoms with Crippen molar-refractivity contribution in [2.75, 3.05) is 14.2 Å². The minimum Gasteiger partial charge on any atom is -0.505 e. The summed E-state index contributed by atoms with van der Waals surface area (Å²) in [4.78, 5) is -3.06. The highest BCUT2D eigenvalue weighted by Gasteiger charge is 2.26. The number of benzene rings is 8. The van der Waals surface area contributed by atoms with Crippen molar-refractivity contribution in [1.29, 1.82) is 0 Å². The smallest absolute Gasteiger partial charge is 0.296 e. The molecule has 27 nitrogen and oxygen atoms in total. The van der Waals surface area contributed by atoms with E-state index in [0.717, 1.165) is 23.0 Å². The number of nitrogens with zero attached hydrogens (tertiary/aromatic N) is 9. The summed E-state index contributed by atoms with van der Waals surface area (Å²) in [5.41, 5.74) is 0.932. The summed E-state index contributed by atoms with van der Waals surface area (Å²) in [7, 11) is -22.3. The fourth-order valence-corrected chi connectivity index (χ4v) is 11.2. The molecule has 1 heterocycles. The van der Waals surface area contributed by atoms with Crippen LogP contribution in [0, 0.1) is 6.92 Å². The molecule has 0 spiro atoms. The maximum absolute atomic E-state index is 12.8. The summed E-state index contributed by atoms with van der Waals surface area (Å²) in [6, 6.07) is 22.1. The summed E-state index contributed by atoms with van der Waals surface area (Å²) < 4.78 is 182. The Morgan fingerprint density at radius 1 is 0.455 bits per heavy atom. The number of hydrogen-bond donors (Lipinski definition) is 6. The van der Waals surface area contributed by atoms with E-state index in [1.807, 2.05) is 0 Å². The highest BCUT2D eigenvalue weighted by Crippen LogP contribution is 2.45. The van der Waals surface area contributed by atoms with Crippen LogP contribution >= 0.6 is 0 Å². The van der Waals surface area contributed by atoms with Crippen LogP contribution in [0.4, 0.5) is 34.1 Å². The number of hydrogen-bond acceptors (Lipinski definition) is 21. The normalized spacial score (nSPS) is 13.1. The molecule has 0 unspecified atom stereocenters. The molecule has 0 aliphatic heterocycles. The standard InChI is InChI=1S/C45H33N9O18S5/c1-22-12-25(5-10-34(22)48-47-26-4-7-30-23(13-26)15-28(73(56,57)58)18-40(30)75(62,63)64)46-49-36-20-39(72-3)37(21-38(36)71-2)50-51-44-42(77(68,69)70)16-24-14-27(6-8-31(24)45(44)55)54-52-35-11-9-32-33(43(35)53-54)17-29(74(59,60)61)19-41(32)76(65,66)67/h4-21,55H,1-3H3,(H,56,57,58)(H,59,60,61)(H,62,63,64)(H,65,66,67)(H,68,69,70). The molecular formula is C45H33N9O18S5. The van der Waals surface area contributed by atoms with E-state index < -0.39 is 86.5 Å². The van der Waals surface area contributed by atoms with Crippen molar-refractivity contribution in [2.24, 2.45) is 30.7 Å². The molecule has 1 aromatic heterocycles. The Labute approximate surface area is 434 Å². The molecule has 0 saturated carbocycles. The molecule has 9 rings (SSSR count). The van der Waals surface area contributed by atoms with E-state index in [1.54, 1.807) is 25.1 Å². The number of fused-ring (bicyclic) bond motifs is 5. The maximum Gasteiger partial charge on any atom is 0.296 e. The van der Waals surface area contributed by atoms with Crippen LogP contribution in [0.15, 0.2) is 164 Å². The van der Waals surface area contributed by atoms with Crippen LogP contribution in [0.2, 0.25) is 0 Å². The molecule has 77 heavy (non-hydrogen) atoms. The Hall–Kier alpha value is -8.31. The topological polar surface area (TPSA) is 415 Å². The highest BCUT2D eigenvalue weighted by atomic mass is 32.2. The Morgan fingerprint density at radius 2 is 0.974 bits per heavy atom. The zero-order valence-corrected chi connectivity index (χ0v) is 43.1. The van der Waals surface area contributed by atoms with Gasteiger partial charge in [0.05, 0.1) is 46.8 Å². The van der Waals surface area contributed by atoms with Crippen molar-refractivity contribution in [2.45, 2.75) is 31.4 Å². The van der Waals surface area contributed by atoms with Gasteiger partial charge in [0.2, 0.25) is 0 Å². The van der Waals surface area contributed by atoms with E-state index in [2.05, 4.69) is 40.9 Å². The van der Waals surface area contributed by atoms with E-state index in [4.69, 9.17) is 9.47 Å². The van der Waals surface area contributed by atoms with Gasteiger partial charge in [-0.3, -0.25) is 22.8 Å². The quantitative estimate of drug-likeness (QED) is 0.0436. The fourth-order valence-electron chi connectivity index (χ4n) is 7.87. The number of phenols is 1. The predicted octanol–water partition coefficient (Wildman–Crippen LogP) is 9.39. The van der Waals surface area contributed by atoms with Crippen molar-refractivity contribution in [1.82, 2.24) is 15.0 Å². The first-order chi connectivity index (χ1) is 36.0. The van der Waals surface area contributed by atoms with Gasteiger partial charge in [-0.1, -0.05) is 12.1 Å². The zero-order valence-electron chi connectivity index (χ0n) is 39.0. The molecule has 0 fully saturated rings. The van der Waals surface area contributed by atoms with Crippen LogP contribution in [0.5, 0.6) is 17.2 Å². The molecule has 0 aliphatic carbocycles. The second kappa shape index (κ2) is 19.4. The molecule has 0 radical (unpaired) electrons. The van der Waals surface area contributed by atoms with E-state index in [1.165, 1.54) is 74.9 Å². The number of aryl methyl sites for hydroxylation is 1. The molecule has 396 valence electrons. The van der Waals surface area contributed by atoms with Gasteiger partial charge in [-0.05, 0) is 108 Å². The third-order valence-corrected chi connectivity index (χ3v) is 15.8. The van der Waals surface area contributed by atoms with E-state index >= 15 is 0 Å². The third-order valence-electron chi connectivity index (χ3n) is 11.4. The number of methoxy groups -OCH3 is 2. The van der Waals surface area contributed by atoms with Crippen molar-refractivity contribution in [3.05, 3.63) is 115 Å². The largest absolute Gasteiger partial charge is 0.505 e. The number of phenolic OH excluding ortho intramolecular Hbond substituents is 1. The lowest BCUT2D eigenvalue weighted by atomic mass is 10.1. The van der Waals surface area contributed by atoms with Gasteiger partial charge in [-0.2, -0.15) is 62.2 Å². The maximum atomic E-state index is 12.8. The molecule has 0 amide bonds. The molecule has 6 N–H and O–H groups in total. The second-order valence-corrected chi connectivity index (χ2v) is 23.4. The number of ether oxygens (including phenoxy) is 2. The minimum absolute atomic E-state index is 0.00252. The van der Waals surface area contributed by atoms with Gasteiger partial charge >= 0.3 is 0 Å². The number of azo groups is 3. The van der Waals surface area contributed by atoms with Crippen LogP contribution in [0.25, 0.3) is 49.0 Å². The fraction of sp³-hybridized carbons (Fsp3) is 0.0667. The predicted molar refractivity (Wildman–Crippen MR) is 272 cm³/mol. The Morgan fingerprint density at radius 3 is 1.56 bits per heavy atom. The molecule has 9 aromatic rings. The summed E-state index contributed by atoms with van der Waals surface area (Å²) >= 11 is 0. The SMILES string of the molecule is COc1cc(N=Nc2c(S(=O)(=O)O)cc3cc(-n4nc5ccc6c(S(=O)(=O)O)cc(S(=O)(=O)O)cc6c5n4)ccc3c2O)c(OC)cc1N=Nc1ccc(N=Nc2ccc3c(S(=O)(=O)O)cc(S(=O)(=O)O)cc3c2)c(C)c1. The van der Waals surface area contributed by atoms with Gasteiger partial charge in [0.1, 0.15) is 54.3 Å². The minimum atomic E-state index is -5.15. The number of aromatic nitrogens is 3. The van der Waals surface area contributed by atoms with Crippen LogP contribution in [-0.2, 0) is 50.6 Å². The van der Waals surface area contributed by atoms with Crippen LogP contribution in [0.3, 0.4) is 0 Å². The van der Waals surface area contributed by atoms with Gasteiger partial charge in [0, 0.05) is 33.7 Å². The average molecular weight is 1150 g/mol. The molecular weight excluding hydrogens is 1110 g/mol.